The minimum absolute atomic E-state index is 0.158. The third-order valence-electron chi connectivity index (χ3n) is 2.52. The van der Waals surface area contributed by atoms with Crippen molar-refractivity contribution in [2.24, 2.45) is 0 Å². The van der Waals surface area contributed by atoms with Crippen molar-refractivity contribution in [3.8, 4) is 6.07 Å². The number of nitriles is 1. The van der Waals surface area contributed by atoms with Crippen molar-refractivity contribution in [3.63, 3.8) is 0 Å². The summed E-state index contributed by atoms with van der Waals surface area (Å²) in [6.45, 7) is 2.93. The molecule has 0 saturated carbocycles. The van der Waals surface area contributed by atoms with Gasteiger partial charge in [-0.05, 0) is 6.42 Å². The summed E-state index contributed by atoms with van der Waals surface area (Å²) in [5, 5.41) is 8.58. The van der Waals surface area contributed by atoms with E-state index in [4.69, 9.17) is 10.00 Å². The summed E-state index contributed by atoms with van der Waals surface area (Å²) in [6.07, 6.45) is 2.45. The number of anilines is 1. The molecule has 2 rings (SSSR count). The maximum Gasteiger partial charge on any atom is 0.176 e. The zero-order valence-corrected chi connectivity index (χ0v) is 8.82. The zero-order chi connectivity index (χ0) is 11.4. The van der Waals surface area contributed by atoms with Gasteiger partial charge >= 0.3 is 0 Å². The second kappa shape index (κ2) is 4.90. The van der Waals surface area contributed by atoms with Gasteiger partial charge in [0.2, 0.25) is 0 Å². The number of hydrogen-bond acceptors (Lipinski definition) is 4. The first-order valence-corrected chi connectivity index (χ1v) is 5.19. The molecule has 1 fully saturated rings. The molecular formula is C11H12FN3O. The number of pyridine rings is 1. The third-order valence-corrected chi connectivity index (χ3v) is 2.52. The van der Waals surface area contributed by atoms with Crippen LogP contribution in [0.25, 0.3) is 0 Å². The predicted molar refractivity (Wildman–Crippen MR) is 56.6 cm³/mol. The van der Waals surface area contributed by atoms with Crippen LogP contribution in [-0.2, 0) is 4.74 Å². The van der Waals surface area contributed by atoms with Crippen LogP contribution in [0, 0.1) is 17.1 Å². The van der Waals surface area contributed by atoms with Crippen molar-refractivity contribution in [3.05, 3.63) is 23.8 Å². The van der Waals surface area contributed by atoms with Crippen LogP contribution >= 0.6 is 0 Å². The summed E-state index contributed by atoms with van der Waals surface area (Å²) in [4.78, 5) is 5.80. The highest BCUT2D eigenvalue weighted by atomic mass is 19.1. The minimum Gasteiger partial charge on any atom is -0.380 e. The van der Waals surface area contributed by atoms with Crippen molar-refractivity contribution in [2.45, 2.75) is 6.42 Å². The Morgan fingerprint density at radius 3 is 3.06 bits per heavy atom. The molecule has 0 amide bonds. The van der Waals surface area contributed by atoms with Crippen LogP contribution in [0.2, 0.25) is 0 Å². The van der Waals surface area contributed by atoms with Crippen molar-refractivity contribution < 1.29 is 9.13 Å². The van der Waals surface area contributed by atoms with Gasteiger partial charge in [0.15, 0.2) is 11.5 Å². The van der Waals surface area contributed by atoms with E-state index < -0.39 is 5.82 Å². The average molecular weight is 221 g/mol. The van der Waals surface area contributed by atoms with Crippen LogP contribution in [0.5, 0.6) is 0 Å². The molecule has 0 spiro atoms. The molecule has 0 bridgehead atoms. The second-order valence-corrected chi connectivity index (χ2v) is 3.59. The first-order chi connectivity index (χ1) is 7.81. The van der Waals surface area contributed by atoms with Crippen LogP contribution in [0.1, 0.15) is 12.1 Å². The van der Waals surface area contributed by atoms with Crippen molar-refractivity contribution >= 4 is 5.69 Å². The van der Waals surface area contributed by atoms with Crippen LogP contribution in [0.4, 0.5) is 10.1 Å². The molecule has 1 aromatic heterocycles. The molecule has 2 heterocycles. The highest BCUT2D eigenvalue weighted by Crippen LogP contribution is 2.17. The van der Waals surface area contributed by atoms with E-state index >= 15 is 0 Å². The Bertz CT molecular complexity index is 408. The maximum atomic E-state index is 13.4. The highest BCUT2D eigenvalue weighted by Gasteiger charge is 2.12. The molecule has 84 valence electrons. The van der Waals surface area contributed by atoms with Crippen molar-refractivity contribution in [1.82, 2.24) is 4.98 Å². The summed E-state index contributed by atoms with van der Waals surface area (Å²) in [5.74, 6) is -0.565. The molecule has 5 heteroatoms. The number of rotatable bonds is 1. The molecule has 1 aliphatic rings. The zero-order valence-electron chi connectivity index (χ0n) is 8.82. The van der Waals surface area contributed by atoms with Gasteiger partial charge in [0.25, 0.3) is 0 Å². The lowest BCUT2D eigenvalue weighted by Gasteiger charge is -2.21. The normalized spacial score (nSPS) is 16.6. The Morgan fingerprint density at radius 1 is 1.44 bits per heavy atom. The minimum atomic E-state index is -0.565. The molecule has 1 aromatic rings. The van der Waals surface area contributed by atoms with Gasteiger partial charge < -0.3 is 9.64 Å². The van der Waals surface area contributed by atoms with Gasteiger partial charge in [0.05, 0.1) is 18.5 Å². The third kappa shape index (κ3) is 2.28. The number of ether oxygens (including phenoxy) is 1. The lowest BCUT2D eigenvalue weighted by molar-refractivity contribution is 0.152. The fourth-order valence-electron chi connectivity index (χ4n) is 1.69. The number of nitrogens with zero attached hydrogens (tertiary/aromatic N) is 3. The largest absolute Gasteiger partial charge is 0.380 e. The van der Waals surface area contributed by atoms with E-state index in [1.54, 1.807) is 6.07 Å². The van der Waals surface area contributed by atoms with Gasteiger partial charge in [0.1, 0.15) is 6.07 Å². The summed E-state index contributed by atoms with van der Waals surface area (Å²) in [7, 11) is 0. The van der Waals surface area contributed by atoms with E-state index in [9.17, 15) is 4.39 Å². The molecule has 0 unspecified atom stereocenters. The smallest absolute Gasteiger partial charge is 0.176 e. The van der Waals surface area contributed by atoms with Gasteiger partial charge in [-0.2, -0.15) is 5.26 Å². The van der Waals surface area contributed by atoms with E-state index in [2.05, 4.69) is 4.98 Å². The van der Waals surface area contributed by atoms with Crippen LogP contribution in [0.15, 0.2) is 12.3 Å². The molecule has 0 atom stereocenters. The van der Waals surface area contributed by atoms with Gasteiger partial charge in [-0.1, -0.05) is 0 Å². The number of aromatic nitrogens is 1. The lowest BCUT2D eigenvalue weighted by Crippen LogP contribution is -2.26. The molecule has 16 heavy (non-hydrogen) atoms. The van der Waals surface area contributed by atoms with Gasteiger partial charge in [-0.15, -0.1) is 0 Å². The summed E-state index contributed by atoms with van der Waals surface area (Å²) in [5.41, 5.74) is 0.553. The molecule has 4 nitrogen and oxygen atoms in total. The van der Waals surface area contributed by atoms with Crippen LogP contribution in [0.3, 0.4) is 0 Å². The van der Waals surface area contributed by atoms with E-state index in [0.717, 1.165) is 26.1 Å². The molecular weight excluding hydrogens is 209 g/mol. The van der Waals surface area contributed by atoms with Crippen molar-refractivity contribution in [1.29, 1.82) is 5.26 Å². The fraction of sp³-hybridized carbons (Fsp3) is 0.455. The monoisotopic (exact) mass is 221 g/mol. The Morgan fingerprint density at radius 2 is 2.31 bits per heavy atom. The first-order valence-electron chi connectivity index (χ1n) is 5.19. The summed E-state index contributed by atoms with van der Waals surface area (Å²) >= 11 is 0. The van der Waals surface area contributed by atoms with E-state index in [-0.39, 0.29) is 5.69 Å². The first kappa shape index (κ1) is 10.8. The summed E-state index contributed by atoms with van der Waals surface area (Å²) in [6, 6.07) is 3.07. The van der Waals surface area contributed by atoms with Crippen LogP contribution < -0.4 is 4.90 Å². The maximum absolute atomic E-state index is 13.4. The second-order valence-electron chi connectivity index (χ2n) is 3.59. The van der Waals surface area contributed by atoms with Crippen LogP contribution in [-0.4, -0.2) is 31.3 Å². The van der Waals surface area contributed by atoms with Crippen molar-refractivity contribution in [2.75, 3.05) is 31.2 Å². The number of halogens is 1. The molecule has 1 aliphatic heterocycles. The topological polar surface area (TPSA) is 49.2 Å². The highest BCUT2D eigenvalue weighted by molar-refractivity contribution is 5.46. The lowest BCUT2D eigenvalue weighted by atomic mass is 10.3. The van der Waals surface area contributed by atoms with E-state index in [0.29, 0.717) is 12.3 Å². The van der Waals surface area contributed by atoms with E-state index in [1.165, 1.54) is 12.3 Å². The number of hydrogen-bond donors (Lipinski definition) is 0. The average Bonchev–Trinajstić information content (AvgIpc) is 2.57. The molecule has 0 N–H and O–H groups in total. The van der Waals surface area contributed by atoms with Gasteiger partial charge in [-0.25, -0.2) is 9.37 Å². The Hall–Kier alpha value is -1.67. The van der Waals surface area contributed by atoms with Gasteiger partial charge in [0, 0.05) is 25.8 Å². The molecule has 0 aromatic carbocycles. The molecule has 1 saturated heterocycles. The Balaban J connectivity index is 2.20. The van der Waals surface area contributed by atoms with Gasteiger partial charge in [-0.3, -0.25) is 0 Å². The quantitative estimate of drug-likeness (QED) is 0.717. The SMILES string of the molecule is N#Cc1ncc(N2CCCOCC2)cc1F. The summed E-state index contributed by atoms with van der Waals surface area (Å²) < 4.78 is 18.7. The Labute approximate surface area is 93.3 Å². The Kier molecular flexibility index (Phi) is 3.32. The predicted octanol–water partition coefficient (Wildman–Crippen LogP) is 1.32. The fourth-order valence-corrected chi connectivity index (χ4v) is 1.69. The molecule has 0 radical (unpaired) electrons. The van der Waals surface area contributed by atoms with E-state index in [1.807, 2.05) is 4.90 Å². The standard InChI is InChI=1S/C11H12FN3O/c12-10-6-9(8-14-11(10)7-13)15-2-1-4-16-5-3-15/h6,8H,1-5H2. The molecule has 0 aliphatic carbocycles.